The van der Waals surface area contributed by atoms with Gasteiger partial charge in [-0.2, -0.15) is 0 Å². The van der Waals surface area contributed by atoms with Gasteiger partial charge in [0.2, 0.25) is 0 Å². The van der Waals surface area contributed by atoms with E-state index in [1.165, 1.54) is 6.07 Å². The molecule has 1 heterocycles. The summed E-state index contributed by atoms with van der Waals surface area (Å²) in [5.74, 6) is -0.0338. The minimum atomic E-state index is -0.795. The summed E-state index contributed by atoms with van der Waals surface area (Å²) in [6, 6.07) is 14.1. The van der Waals surface area contributed by atoms with E-state index in [0.717, 1.165) is 10.0 Å². The van der Waals surface area contributed by atoms with Gasteiger partial charge in [-0.15, -0.1) is 0 Å². The lowest BCUT2D eigenvalue weighted by atomic mass is 10.1. The number of para-hydroxylation sites is 1. The number of benzene rings is 2. The molecule has 3 rings (SSSR count). The SMILES string of the molecule is OC(Cc1cccc(Br)c1)c1cc2cccc(F)c2o1. The average molecular weight is 335 g/mol. The van der Waals surface area contributed by atoms with Crippen LogP contribution in [0, 0.1) is 5.82 Å². The molecule has 1 N–H and O–H groups in total. The topological polar surface area (TPSA) is 33.4 Å². The Morgan fingerprint density at radius 3 is 2.70 bits per heavy atom. The summed E-state index contributed by atoms with van der Waals surface area (Å²) in [5, 5.41) is 10.9. The van der Waals surface area contributed by atoms with Gasteiger partial charge in [-0.25, -0.2) is 4.39 Å². The van der Waals surface area contributed by atoms with Crippen LogP contribution in [0.3, 0.4) is 0 Å². The fourth-order valence-electron chi connectivity index (χ4n) is 2.20. The third-order valence-electron chi connectivity index (χ3n) is 3.16. The van der Waals surface area contributed by atoms with Gasteiger partial charge in [0.25, 0.3) is 0 Å². The molecule has 2 aromatic carbocycles. The van der Waals surface area contributed by atoms with E-state index in [1.807, 2.05) is 24.3 Å². The lowest BCUT2D eigenvalue weighted by Gasteiger charge is -2.07. The van der Waals surface area contributed by atoms with E-state index in [-0.39, 0.29) is 5.58 Å². The molecular formula is C16H12BrFO2. The monoisotopic (exact) mass is 334 g/mol. The number of fused-ring (bicyclic) bond motifs is 1. The fraction of sp³-hybridized carbons (Fsp3) is 0.125. The first-order chi connectivity index (χ1) is 9.63. The smallest absolute Gasteiger partial charge is 0.170 e. The van der Waals surface area contributed by atoms with Gasteiger partial charge < -0.3 is 9.52 Å². The van der Waals surface area contributed by atoms with Gasteiger partial charge in [-0.3, -0.25) is 0 Å². The Hall–Kier alpha value is -1.65. The molecule has 102 valence electrons. The van der Waals surface area contributed by atoms with Crippen LogP contribution in [0.25, 0.3) is 11.0 Å². The second-order valence-corrected chi connectivity index (χ2v) is 5.57. The maximum absolute atomic E-state index is 13.6. The highest BCUT2D eigenvalue weighted by molar-refractivity contribution is 9.10. The van der Waals surface area contributed by atoms with Crippen LogP contribution < -0.4 is 0 Å². The Morgan fingerprint density at radius 2 is 1.95 bits per heavy atom. The molecule has 1 atom stereocenters. The zero-order valence-corrected chi connectivity index (χ0v) is 12.1. The molecule has 0 saturated heterocycles. The van der Waals surface area contributed by atoms with Crippen LogP contribution in [0.4, 0.5) is 4.39 Å². The molecule has 0 saturated carbocycles. The fourth-order valence-corrected chi connectivity index (χ4v) is 2.65. The second-order valence-electron chi connectivity index (χ2n) is 4.66. The van der Waals surface area contributed by atoms with Crippen molar-refractivity contribution in [3.05, 3.63) is 70.1 Å². The molecule has 0 spiro atoms. The maximum atomic E-state index is 13.6. The first kappa shape index (κ1) is 13.3. The lowest BCUT2D eigenvalue weighted by Crippen LogP contribution is -2.00. The normalized spacial score (nSPS) is 12.8. The molecule has 0 radical (unpaired) electrons. The number of aliphatic hydroxyl groups is 1. The summed E-state index contributed by atoms with van der Waals surface area (Å²) in [6.07, 6.45) is -0.378. The van der Waals surface area contributed by atoms with Crippen LogP contribution in [0.1, 0.15) is 17.4 Å². The van der Waals surface area contributed by atoms with Crippen molar-refractivity contribution >= 4 is 26.9 Å². The van der Waals surface area contributed by atoms with Crippen LogP contribution in [-0.4, -0.2) is 5.11 Å². The number of rotatable bonds is 3. The van der Waals surface area contributed by atoms with Gasteiger partial charge in [-0.05, 0) is 29.8 Å². The van der Waals surface area contributed by atoms with Crippen LogP contribution in [0.15, 0.2) is 57.4 Å². The lowest BCUT2D eigenvalue weighted by molar-refractivity contribution is 0.152. The molecule has 0 fully saturated rings. The van der Waals surface area contributed by atoms with Crippen molar-refractivity contribution in [3.63, 3.8) is 0 Å². The van der Waals surface area contributed by atoms with Crippen molar-refractivity contribution in [3.8, 4) is 0 Å². The van der Waals surface area contributed by atoms with E-state index in [2.05, 4.69) is 15.9 Å². The van der Waals surface area contributed by atoms with E-state index in [1.54, 1.807) is 18.2 Å². The Labute approximate surface area is 124 Å². The number of halogens is 2. The van der Waals surface area contributed by atoms with Gasteiger partial charge in [-0.1, -0.05) is 40.2 Å². The molecule has 0 amide bonds. The van der Waals surface area contributed by atoms with Gasteiger partial charge in [0.15, 0.2) is 11.4 Å². The zero-order valence-electron chi connectivity index (χ0n) is 10.5. The van der Waals surface area contributed by atoms with Gasteiger partial charge in [0, 0.05) is 16.3 Å². The molecule has 0 bridgehead atoms. The highest BCUT2D eigenvalue weighted by Gasteiger charge is 2.15. The van der Waals surface area contributed by atoms with E-state index in [4.69, 9.17) is 4.42 Å². The van der Waals surface area contributed by atoms with Crippen molar-refractivity contribution in [2.24, 2.45) is 0 Å². The summed E-state index contributed by atoms with van der Waals surface area (Å²) in [5.41, 5.74) is 1.17. The molecule has 4 heteroatoms. The summed E-state index contributed by atoms with van der Waals surface area (Å²) in [4.78, 5) is 0. The molecule has 0 aliphatic heterocycles. The Balaban J connectivity index is 1.89. The number of hydrogen-bond donors (Lipinski definition) is 1. The van der Waals surface area contributed by atoms with E-state index in [9.17, 15) is 9.50 Å². The number of aliphatic hydroxyl groups excluding tert-OH is 1. The summed E-state index contributed by atoms with van der Waals surface area (Å²) in [7, 11) is 0. The molecule has 3 aromatic rings. The predicted octanol–water partition coefficient (Wildman–Crippen LogP) is 4.61. The third kappa shape index (κ3) is 2.62. The van der Waals surface area contributed by atoms with Crippen molar-refractivity contribution in [2.75, 3.05) is 0 Å². The van der Waals surface area contributed by atoms with E-state index in [0.29, 0.717) is 17.6 Å². The van der Waals surface area contributed by atoms with Crippen molar-refractivity contribution in [1.29, 1.82) is 0 Å². The Bertz CT molecular complexity index is 751. The molecule has 0 aliphatic carbocycles. The number of furan rings is 1. The first-order valence-corrected chi connectivity index (χ1v) is 7.03. The minimum absolute atomic E-state index is 0.191. The largest absolute Gasteiger partial charge is 0.455 e. The predicted molar refractivity (Wildman–Crippen MR) is 79.0 cm³/mol. The molecular weight excluding hydrogens is 323 g/mol. The molecule has 1 unspecified atom stereocenters. The highest BCUT2D eigenvalue weighted by Crippen LogP contribution is 2.28. The summed E-state index contributed by atoms with van der Waals surface area (Å²) >= 11 is 3.39. The van der Waals surface area contributed by atoms with Crippen molar-refractivity contribution in [1.82, 2.24) is 0 Å². The zero-order chi connectivity index (χ0) is 14.1. The summed E-state index contributed by atoms with van der Waals surface area (Å²) in [6.45, 7) is 0. The van der Waals surface area contributed by atoms with Crippen LogP contribution in [0.5, 0.6) is 0 Å². The molecule has 0 aliphatic rings. The standard InChI is InChI=1S/C16H12BrFO2/c17-12-5-1-3-10(7-12)8-14(19)15-9-11-4-2-6-13(18)16(11)20-15/h1-7,9,14,19H,8H2. The Kier molecular flexibility index (Phi) is 3.59. The molecule has 1 aromatic heterocycles. The van der Waals surface area contributed by atoms with Crippen LogP contribution >= 0.6 is 15.9 Å². The number of hydrogen-bond acceptors (Lipinski definition) is 2. The van der Waals surface area contributed by atoms with Crippen molar-refractivity contribution in [2.45, 2.75) is 12.5 Å². The average Bonchev–Trinajstić information content (AvgIpc) is 2.84. The van der Waals surface area contributed by atoms with Gasteiger partial charge >= 0.3 is 0 Å². The maximum Gasteiger partial charge on any atom is 0.170 e. The second kappa shape index (κ2) is 5.38. The van der Waals surface area contributed by atoms with Crippen LogP contribution in [-0.2, 0) is 6.42 Å². The van der Waals surface area contributed by atoms with Gasteiger partial charge in [0.05, 0.1) is 0 Å². The quantitative estimate of drug-likeness (QED) is 0.758. The van der Waals surface area contributed by atoms with Crippen molar-refractivity contribution < 1.29 is 13.9 Å². The highest BCUT2D eigenvalue weighted by atomic mass is 79.9. The van der Waals surface area contributed by atoms with E-state index < -0.39 is 11.9 Å². The first-order valence-electron chi connectivity index (χ1n) is 6.24. The molecule has 2 nitrogen and oxygen atoms in total. The van der Waals surface area contributed by atoms with Gasteiger partial charge in [0.1, 0.15) is 11.9 Å². The molecule has 20 heavy (non-hydrogen) atoms. The van der Waals surface area contributed by atoms with Crippen LogP contribution in [0.2, 0.25) is 0 Å². The summed E-state index contributed by atoms with van der Waals surface area (Å²) < 4.78 is 19.9. The minimum Gasteiger partial charge on any atom is -0.455 e. The Morgan fingerprint density at radius 1 is 1.15 bits per heavy atom. The van der Waals surface area contributed by atoms with E-state index >= 15 is 0 Å². The third-order valence-corrected chi connectivity index (χ3v) is 3.65.